The number of nitrogens with zero attached hydrogens (tertiary/aromatic N) is 12. The molecule has 2 saturated carbocycles. The van der Waals surface area contributed by atoms with Crippen LogP contribution in [0.1, 0.15) is 130 Å². The lowest BCUT2D eigenvalue weighted by Gasteiger charge is -2.10. The molecule has 3 aromatic carbocycles. The maximum Gasteiger partial charge on any atom is 0.337 e. The molecule has 5 aromatic heterocycles. The number of carboxylic acids is 1. The second-order valence-corrected chi connectivity index (χ2v) is 22.4. The Hall–Kier alpha value is -9.16. The minimum Gasteiger partial charge on any atom is -0.490 e. The number of carboxylic acid groups (broad SMARTS) is 1. The number of aromatic carboxylic acids is 1. The highest BCUT2D eigenvalue weighted by molar-refractivity contribution is 5.90. The summed E-state index contributed by atoms with van der Waals surface area (Å²) in [7, 11) is 13.5. The number of rotatable bonds is 24. The van der Waals surface area contributed by atoms with Crippen LogP contribution in [0.5, 0.6) is 17.2 Å². The lowest BCUT2D eigenvalue weighted by atomic mass is 10.1. The number of ether oxygens (including phenoxy) is 5. The molecule has 8 aromatic rings. The molecule has 23 nitrogen and oxygen atoms in total. The number of nitrogens with one attached hydrogen (secondary N) is 1. The molecule has 0 atom stereocenters. The molecule has 6 heterocycles. The molecule has 0 radical (unpaired) electrons. The summed E-state index contributed by atoms with van der Waals surface area (Å²) in [6, 6.07) is 28.3. The smallest absolute Gasteiger partial charge is 0.337 e. The maximum absolute atomic E-state index is 12.2. The van der Waals surface area contributed by atoms with Crippen LogP contribution in [0.15, 0.2) is 144 Å². The van der Waals surface area contributed by atoms with Crippen molar-refractivity contribution < 1.29 is 38.4 Å². The first kappa shape index (κ1) is 76.3. The van der Waals surface area contributed by atoms with Gasteiger partial charge in [-0.05, 0) is 148 Å². The molecular formula is C70H95N13O10. The Labute approximate surface area is 547 Å². The van der Waals surface area contributed by atoms with E-state index in [1.54, 1.807) is 85.7 Å². The van der Waals surface area contributed by atoms with Crippen molar-refractivity contribution in [2.75, 3.05) is 102 Å². The van der Waals surface area contributed by atoms with Gasteiger partial charge in [-0.1, -0.05) is 64.7 Å². The van der Waals surface area contributed by atoms with Crippen molar-refractivity contribution in [1.29, 1.82) is 0 Å². The van der Waals surface area contributed by atoms with Gasteiger partial charge >= 0.3 is 11.9 Å². The van der Waals surface area contributed by atoms with Crippen LogP contribution >= 0.6 is 0 Å². The molecule has 1 aliphatic heterocycles. The summed E-state index contributed by atoms with van der Waals surface area (Å²) in [5.74, 6) is 3.34. The minimum absolute atomic E-state index is 0. The Kier molecular flexibility index (Phi) is 33.3. The van der Waals surface area contributed by atoms with E-state index in [0.29, 0.717) is 84.0 Å². The van der Waals surface area contributed by atoms with Crippen molar-refractivity contribution >= 4 is 11.9 Å². The predicted octanol–water partition coefficient (Wildman–Crippen LogP) is 10.7. The molecule has 0 unspecified atom stereocenters. The first-order valence-electron chi connectivity index (χ1n) is 30.2. The molecular weight excluding hydrogens is 1180 g/mol. The molecule has 2 aliphatic carbocycles. The molecule has 2 N–H and O–H groups in total. The highest BCUT2D eigenvalue weighted by Crippen LogP contribution is 2.39. The topological polar surface area (TPSA) is 268 Å². The molecule has 3 fully saturated rings. The van der Waals surface area contributed by atoms with Crippen molar-refractivity contribution in [3.63, 3.8) is 0 Å². The van der Waals surface area contributed by atoms with Crippen LogP contribution in [0, 0.1) is 0 Å². The van der Waals surface area contributed by atoms with Gasteiger partial charge in [-0.2, -0.15) is 10.2 Å². The van der Waals surface area contributed by atoms with Crippen LogP contribution in [0.2, 0.25) is 0 Å². The van der Waals surface area contributed by atoms with Gasteiger partial charge in [0.15, 0.2) is 34.7 Å². The zero-order chi connectivity index (χ0) is 64.0. The molecule has 0 bridgehead atoms. The summed E-state index contributed by atoms with van der Waals surface area (Å²) >= 11 is 0. The number of benzene rings is 3. The molecule has 0 amide bonds. The van der Waals surface area contributed by atoms with Gasteiger partial charge in [-0.15, -0.1) is 0 Å². The van der Waals surface area contributed by atoms with Crippen molar-refractivity contribution in [3.05, 3.63) is 183 Å². The normalized spacial score (nSPS) is 12.7. The summed E-state index contributed by atoms with van der Waals surface area (Å²) in [6.45, 7) is 7.21. The number of carbonyl (C=O) groups is 2. The van der Waals surface area contributed by atoms with Crippen LogP contribution in [0.4, 0.5) is 0 Å². The second-order valence-electron chi connectivity index (χ2n) is 22.4. The van der Waals surface area contributed by atoms with Gasteiger partial charge in [0.1, 0.15) is 0 Å². The summed E-state index contributed by atoms with van der Waals surface area (Å²) in [6.07, 6.45) is 20.0. The molecule has 93 heavy (non-hydrogen) atoms. The Balaban J connectivity index is 0.000000265. The van der Waals surface area contributed by atoms with Crippen LogP contribution in [0.3, 0.4) is 0 Å². The average Bonchev–Trinajstić information content (AvgIpc) is 1.98. The summed E-state index contributed by atoms with van der Waals surface area (Å²) < 4.78 is 28.1. The number of methoxy groups -OCH3 is 1. The number of esters is 1. The molecule has 11 rings (SSSR count). The van der Waals surface area contributed by atoms with Crippen LogP contribution in [0.25, 0.3) is 34.2 Å². The SMILES string of the molecule is C.C.C.C1CCOC1.CN(C)CCCOc1cnc(-c2cccc(C(=O)O)c2)nc1.CN(C)CCCOc1cnc(-c2cccc(Cn3nc(C4CC4)ccc3=O)c2)nc1.COC(=O)c1cccc(-c2ncc(OCCCN(C)C)cn2)c1.O=c1ccc(C2CC2)n[nH]1. The van der Waals surface area contributed by atoms with Gasteiger partial charge in [0, 0.05) is 73.5 Å². The quantitative estimate of drug-likeness (QED) is 0.0420. The Morgan fingerprint density at radius 2 is 0.978 bits per heavy atom. The van der Waals surface area contributed by atoms with Crippen molar-refractivity contribution in [2.24, 2.45) is 0 Å². The van der Waals surface area contributed by atoms with Crippen molar-refractivity contribution in [1.82, 2.24) is 64.6 Å². The minimum atomic E-state index is -0.970. The second kappa shape index (κ2) is 40.6. The number of aromatic nitrogens is 10. The van der Waals surface area contributed by atoms with E-state index in [-0.39, 0.29) is 44.9 Å². The van der Waals surface area contributed by atoms with E-state index in [4.69, 9.17) is 28.8 Å². The fourth-order valence-corrected chi connectivity index (χ4v) is 8.65. The van der Waals surface area contributed by atoms with E-state index < -0.39 is 5.97 Å². The van der Waals surface area contributed by atoms with Crippen molar-refractivity contribution in [3.8, 4) is 51.4 Å². The van der Waals surface area contributed by atoms with Gasteiger partial charge in [-0.25, -0.2) is 49.3 Å². The summed E-state index contributed by atoms with van der Waals surface area (Å²) in [4.78, 5) is 77.5. The molecule has 3 aliphatic rings. The number of H-pyrrole nitrogens is 1. The lowest BCUT2D eigenvalue weighted by Crippen LogP contribution is -2.23. The van der Waals surface area contributed by atoms with Crippen LogP contribution in [-0.2, 0) is 16.0 Å². The van der Waals surface area contributed by atoms with E-state index in [1.807, 2.05) is 78.7 Å². The number of hydrogen-bond acceptors (Lipinski definition) is 20. The fourth-order valence-electron chi connectivity index (χ4n) is 8.65. The largest absolute Gasteiger partial charge is 0.490 e. The summed E-state index contributed by atoms with van der Waals surface area (Å²) in [5, 5.41) is 19.9. The Morgan fingerprint density at radius 3 is 1.38 bits per heavy atom. The van der Waals surface area contributed by atoms with Crippen LogP contribution < -0.4 is 25.3 Å². The number of aromatic amines is 1. The highest BCUT2D eigenvalue weighted by Gasteiger charge is 2.26. The maximum atomic E-state index is 12.2. The lowest BCUT2D eigenvalue weighted by molar-refractivity contribution is 0.0599. The van der Waals surface area contributed by atoms with Gasteiger partial charge in [0.05, 0.1) is 93.2 Å². The highest BCUT2D eigenvalue weighted by atomic mass is 16.5. The van der Waals surface area contributed by atoms with Crippen LogP contribution in [-0.4, -0.2) is 184 Å². The van der Waals surface area contributed by atoms with Crippen molar-refractivity contribution in [2.45, 2.75) is 98.4 Å². The summed E-state index contributed by atoms with van der Waals surface area (Å²) in [5.41, 5.74) is 5.82. The van der Waals surface area contributed by atoms with Gasteiger partial charge < -0.3 is 43.5 Å². The van der Waals surface area contributed by atoms with Gasteiger partial charge in [0.2, 0.25) is 0 Å². The van der Waals surface area contributed by atoms with E-state index in [0.717, 1.165) is 93.0 Å². The zero-order valence-electron chi connectivity index (χ0n) is 52.6. The van der Waals surface area contributed by atoms with E-state index in [9.17, 15) is 19.2 Å². The average molecular weight is 1280 g/mol. The van der Waals surface area contributed by atoms with E-state index in [1.165, 1.54) is 49.6 Å². The third-order valence-corrected chi connectivity index (χ3v) is 13.8. The van der Waals surface area contributed by atoms with E-state index >= 15 is 0 Å². The van der Waals surface area contributed by atoms with Gasteiger partial charge in [-0.3, -0.25) is 9.59 Å². The molecule has 23 heteroatoms. The fraction of sp³-hybridized carbons (Fsp3) is 0.429. The number of hydrogen-bond donors (Lipinski definition) is 2. The third-order valence-electron chi connectivity index (χ3n) is 13.8. The van der Waals surface area contributed by atoms with Gasteiger partial charge in [0.25, 0.3) is 11.1 Å². The standard InChI is InChI=1S/C23H27N5O2.C17H21N3O3.C16H19N3O3.C7H8N2O.C4H8O.3CH4/c1-27(2)11-4-12-30-20-14-24-23(25-15-20)19-6-3-5-17(13-19)16-28-22(29)10-9-21(26-28)18-7-8-18;1-20(2)8-5-9-23-15-11-18-16(19-12-15)13-6-4-7-14(10-13)17(21)22-3;1-19(2)7-4-8-22-14-10-17-15(18-11-14)12-5-3-6-13(9-12)16(20)21;10-7-4-3-6(8-9-7)5-1-2-5;1-2-4-5-3-1;;;/h3,5-6,9-10,13-15,18H,4,7-8,11-12,16H2,1-2H3;4,6-7,10-12H,5,8-9H2,1-3H3;3,5-6,9-11H,4,7-8H2,1-2H3,(H,20,21);3-5H,1-2H2,(H,9,10);1-4H2;3*1H4. The number of carbonyl (C=O) groups excluding carboxylic acids is 1. The molecule has 500 valence electrons. The Morgan fingerprint density at radius 1 is 0.559 bits per heavy atom. The first-order chi connectivity index (χ1) is 43.6. The molecule has 1 saturated heterocycles. The Bertz CT molecular complexity index is 3550. The first-order valence-corrected chi connectivity index (χ1v) is 30.2. The predicted molar refractivity (Wildman–Crippen MR) is 363 cm³/mol. The zero-order valence-corrected chi connectivity index (χ0v) is 52.6. The monoisotopic (exact) mass is 1280 g/mol. The molecule has 0 spiro atoms. The van der Waals surface area contributed by atoms with E-state index in [2.05, 4.69) is 59.9 Å². The third kappa shape index (κ3) is 27.7.